The van der Waals surface area contributed by atoms with Crippen molar-refractivity contribution < 1.29 is 4.39 Å². The first-order valence-electron chi connectivity index (χ1n) is 6.23. The summed E-state index contributed by atoms with van der Waals surface area (Å²) in [6, 6.07) is 4.90. The Hall–Kier alpha value is -0.600. The number of benzene rings is 1. The normalized spacial score (nSPS) is 21.4. The zero-order valence-electron chi connectivity index (χ0n) is 10.4. The second-order valence-electron chi connectivity index (χ2n) is 5.23. The Morgan fingerprint density at radius 1 is 1.47 bits per heavy atom. The summed E-state index contributed by atoms with van der Waals surface area (Å²) >= 11 is 6.04. The van der Waals surface area contributed by atoms with Crippen LogP contribution in [0.1, 0.15) is 25.8 Å². The lowest BCUT2D eigenvalue weighted by Crippen LogP contribution is -2.22. The quantitative estimate of drug-likeness (QED) is 0.790. The molecule has 17 heavy (non-hydrogen) atoms. The number of rotatable bonds is 3. The zero-order valence-corrected chi connectivity index (χ0v) is 11.2. The molecule has 2 rings (SSSR count). The Labute approximate surface area is 108 Å². The molecule has 1 unspecified atom stereocenters. The molecule has 1 heterocycles. The van der Waals surface area contributed by atoms with E-state index in [1.807, 2.05) is 0 Å². The zero-order chi connectivity index (χ0) is 12.4. The van der Waals surface area contributed by atoms with Crippen molar-refractivity contribution in [1.82, 2.24) is 4.90 Å². The highest BCUT2D eigenvalue weighted by Gasteiger charge is 2.25. The summed E-state index contributed by atoms with van der Waals surface area (Å²) in [6.07, 6.45) is 1.21. The summed E-state index contributed by atoms with van der Waals surface area (Å²) in [6.45, 7) is 7.25. The first-order chi connectivity index (χ1) is 8.08. The van der Waals surface area contributed by atoms with Gasteiger partial charge in [-0.15, -0.1) is 0 Å². The van der Waals surface area contributed by atoms with Gasteiger partial charge in [0, 0.05) is 23.7 Å². The summed E-state index contributed by atoms with van der Waals surface area (Å²) in [5.74, 6) is 1.25. The third-order valence-electron chi connectivity index (χ3n) is 3.70. The van der Waals surface area contributed by atoms with Gasteiger partial charge in [-0.25, -0.2) is 4.39 Å². The molecule has 1 atom stereocenters. The van der Waals surface area contributed by atoms with E-state index in [2.05, 4.69) is 18.7 Å². The van der Waals surface area contributed by atoms with Crippen LogP contribution in [0.25, 0.3) is 0 Å². The van der Waals surface area contributed by atoms with Crippen LogP contribution in [0.4, 0.5) is 4.39 Å². The van der Waals surface area contributed by atoms with Crippen LogP contribution in [0.15, 0.2) is 18.2 Å². The fourth-order valence-corrected chi connectivity index (χ4v) is 2.68. The van der Waals surface area contributed by atoms with Crippen LogP contribution < -0.4 is 0 Å². The highest BCUT2D eigenvalue weighted by molar-refractivity contribution is 6.31. The molecule has 0 N–H and O–H groups in total. The molecule has 0 aromatic heterocycles. The van der Waals surface area contributed by atoms with Crippen LogP contribution in [-0.4, -0.2) is 18.0 Å². The van der Waals surface area contributed by atoms with E-state index < -0.39 is 0 Å². The highest BCUT2D eigenvalue weighted by atomic mass is 35.5. The number of hydrogen-bond donors (Lipinski definition) is 0. The summed E-state index contributed by atoms with van der Waals surface area (Å²) in [4.78, 5) is 2.30. The lowest BCUT2D eigenvalue weighted by atomic mass is 9.95. The summed E-state index contributed by atoms with van der Waals surface area (Å²) in [5.41, 5.74) is 0.638. The van der Waals surface area contributed by atoms with Crippen molar-refractivity contribution >= 4 is 11.6 Å². The van der Waals surface area contributed by atoms with Crippen molar-refractivity contribution in [3.63, 3.8) is 0 Å². The Bertz CT molecular complexity index is 372. The molecule has 0 saturated carbocycles. The van der Waals surface area contributed by atoms with Crippen molar-refractivity contribution in [1.29, 1.82) is 0 Å². The van der Waals surface area contributed by atoms with Gasteiger partial charge in [-0.2, -0.15) is 0 Å². The molecular weight excluding hydrogens is 237 g/mol. The van der Waals surface area contributed by atoms with E-state index in [9.17, 15) is 4.39 Å². The number of nitrogens with zero attached hydrogens (tertiary/aromatic N) is 1. The standard InChI is InChI=1S/C14H19ClFN/c1-10(2)11-6-7-17(8-11)9-12-13(15)4-3-5-14(12)16/h3-5,10-11H,6-9H2,1-2H3. The average Bonchev–Trinajstić information content (AvgIpc) is 2.72. The first-order valence-corrected chi connectivity index (χ1v) is 6.61. The molecular formula is C14H19ClFN. The second-order valence-corrected chi connectivity index (χ2v) is 5.64. The van der Waals surface area contributed by atoms with Gasteiger partial charge >= 0.3 is 0 Å². The van der Waals surface area contributed by atoms with Gasteiger partial charge in [0.05, 0.1) is 0 Å². The van der Waals surface area contributed by atoms with Crippen LogP contribution in [0.3, 0.4) is 0 Å². The largest absolute Gasteiger partial charge is 0.299 e. The number of likely N-dealkylation sites (tertiary alicyclic amines) is 1. The van der Waals surface area contributed by atoms with Crippen LogP contribution in [-0.2, 0) is 6.54 Å². The maximum Gasteiger partial charge on any atom is 0.129 e. The molecule has 1 aromatic rings. The number of hydrogen-bond acceptors (Lipinski definition) is 1. The molecule has 0 aliphatic carbocycles. The minimum atomic E-state index is -0.189. The third kappa shape index (κ3) is 2.99. The molecule has 1 aromatic carbocycles. The van der Waals surface area contributed by atoms with Crippen molar-refractivity contribution in [2.75, 3.05) is 13.1 Å². The lowest BCUT2D eigenvalue weighted by Gasteiger charge is -2.18. The molecule has 1 aliphatic heterocycles. The van der Waals surface area contributed by atoms with Crippen molar-refractivity contribution in [3.05, 3.63) is 34.6 Å². The Morgan fingerprint density at radius 3 is 2.82 bits per heavy atom. The van der Waals surface area contributed by atoms with Crippen molar-refractivity contribution in [2.45, 2.75) is 26.8 Å². The smallest absolute Gasteiger partial charge is 0.129 e. The van der Waals surface area contributed by atoms with E-state index in [4.69, 9.17) is 11.6 Å². The van der Waals surface area contributed by atoms with Crippen LogP contribution in [0.5, 0.6) is 0 Å². The predicted molar refractivity (Wildman–Crippen MR) is 69.6 cm³/mol. The predicted octanol–water partition coefficient (Wildman–Crippen LogP) is 3.96. The highest BCUT2D eigenvalue weighted by Crippen LogP contribution is 2.27. The van der Waals surface area contributed by atoms with E-state index >= 15 is 0 Å². The van der Waals surface area contributed by atoms with E-state index in [1.54, 1.807) is 12.1 Å². The van der Waals surface area contributed by atoms with E-state index in [0.29, 0.717) is 23.0 Å². The minimum absolute atomic E-state index is 0.189. The van der Waals surface area contributed by atoms with Crippen LogP contribution >= 0.6 is 11.6 Å². The van der Waals surface area contributed by atoms with Gasteiger partial charge in [-0.3, -0.25) is 4.90 Å². The van der Waals surface area contributed by atoms with Gasteiger partial charge in [0.2, 0.25) is 0 Å². The molecule has 94 valence electrons. The monoisotopic (exact) mass is 255 g/mol. The molecule has 3 heteroatoms. The summed E-state index contributed by atoms with van der Waals surface area (Å²) in [7, 11) is 0. The molecule has 1 fully saturated rings. The molecule has 0 amide bonds. The molecule has 1 aliphatic rings. The summed E-state index contributed by atoms with van der Waals surface area (Å²) in [5, 5.41) is 0.540. The SMILES string of the molecule is CC(C)C1CCN(Cc2c(F)cccc2Cl)C1. The maximum atomic E-state index is 13.6. The van der Waals surface area contributed by atoms with Crippen LogP contribution in [0, 0.1) is 17.7 Å². The molecule has 1 nitrogen and oxygen atoms in total. The molecule has 1 saturated heterocycles. The Kier molecular flexibility index (Phi) is 4.05. The van der Waals surface area contributed by atoms with E-state index in [-0.39, 0.29) is 5.82 Å². The van der Waals surface area contributed by atoms with Gasteiger partial charge < -0.3 is 0 Å². The molecule has 0 bridgehead atoms. The average molecular weight is 256 g/mol. The van der Waals surface area contributed by atoms with Gasteiger partial charge in [0.15, 0.2) is 0 Å². The third-order valence-corrected chi connectivity index (χ3v) is 4.05. The topological polar surface area (TPSA) is 3.24 Å². The first kappa shape index (κ1) is 12.8. The van der Waals surface area contributed by atoms with Gasteiger partial charge in [-0.05, 0) is 36.9 Å². The maximum absolute atomic E-state index is 13.6. The van der Waals surface area contributed by atoms with Gasteiger partial charge in [-0.1, -0.05) is 31.5 Å². The van der Waals surface area contributed by atoms with E-state index in [1.165, 1.54) is 12.5 Å². The summed E-state index contributed by atoms with van der Waals surface area (Å²) < 4.78 is 13.6. The van der Waals surface area contributed by atoms with Crippen molar-refractivity contribution in [2.24, 2.45) is 11.8 Å². The Balaban J connectivity index is 2.03. The second kappa shape index (κ2) is 5.36. The van der Waals surface area contributed by atoms with E-state index in [0.717, 1.165) is 19.0 Å². The van der Waals surface area contributed by atoms with Crippen LogP contribution in [0.2, 0.25) is 5.02 Å². The van der Waals surface area contributed by atoms with Gasteiger partial charge in [0.25, 0.3) is 0 Å². The Morgan fingerprint density at radius 2 is 2.24 bits per heavy atom. The van der Waals surface area contributed by atoms with Crippen molar-refractivity contribution in [3.8, 4) is 0 Å². The molecule has 0 radical (unpaired) electrons. The molecule has 0 spiro atoms. The fraction of sp³-hybridized carbons (Fsp3) is 0.571. The fourth-order valence-electron chi connectivity index (χ4n) is 2.46. The van der Waals surface area contributed by atoms with Gasteiger partial charge in [0.1, 0.15) is 5.82 Å². The minimum Gasteiger partial charge on any atom is -0.299 e. The lowest BCUT2D eigenvalue weighted by molar-refractivity contribution is 0.293. The number of halogens is 2.